The number of rotatable bonds is 8. The smallest absolute Gasteiger partial charge is 0.226 e. The van der Waals surface area contributed by atoms with E-state index in [1.165, 1.54) is 25.7 Å². The van der Waals surface area contributed by atoms with Crippen LogP contribution in [-0.4, -0.2) is 31.6 Å². The number of hydrogen-bond donors (Lipinski definition) is 1. The predicted octanol–water partition coefficient (Wildman–Crippen LogP) is 5.42. The first kappa shape index (κ1) is 20.8. The lowest BCUT2D eigenvalue weighted by atomic mass is 9.84. The molecular formula is C22H27N5O2S2. The molecule has 2 fully saturated rings. The minimum absolute atomic E-state index is 0.0773. The summed E-state index contributed by atoms with van der Waals surface area (Å²) < 4.78 is 7.33. The van der Waals surface area contributed by atoms with Gasteiger partial charge in [0.05, 0.1) is 4.88 Å². The Morgan fingerprint density at radius 3 is 2.97 bits per heavy atom. The lowest BCUT2D eigenvalue weighted by Gasteiger charge is -2.30. The van der Waals surface area contributed by atoms with Crippen LogP contribution in [0.15, 0.2) is 33.3 Å². The molecule has 1 N–H and O–H groups in total. The predicted molar refractivity (Wildman–Crippen MR) is 122 cm³/mol. The third-order valence-corrected chi connectivity index (χ3v) is 8.49. The van der Waals surface area contributed by atoms with Crippen molar-refractivity contribution in [3.05, 3.63) is 29.3 Å². The first-order valence-electron chi connectivity index (χ1n) is 10.9. The number of carbonyl (C=O) groups is 1. The van der Waals surface area contributed by atoms with E-state index in [1.54, 1.807) is 36.1 Å². The van der Waals surface area contributed by atoms with Gasteiger partial charge in [-0.2, -0.15) is 0 Å². The van der Waals surface area contributed by atoms with Crippen molar-refractivity contribution in [1.29, 1.82) is 0 Å². The molecule has 31 heavy (non-hydrogen) atoms. The number of anilines is 1. The van der Waals surface area contributed by atoms with E-state index in [9.17, 15) is 4.79 Å². The van der Waals surface area contributed by atoms with Crippen molar-refractivity contribution in [2.24, 2.45) is 17.8 Å². The minimum Gasteiger partial charge on any atom is -0.360 e. The molecule has 0 radical (unpaired) electrons. The summed E-state index contributed by atoms with van der Waals surface area (Å²) in [5.74, 6) is 5.06. The standard InChI is InChI=1S/C22H27N5O2S2/c1-13-10-19(26-29-13)23-20(28)7-9-31-22-25-24-21(18-4-3-8-30-18)27(22)14(2)17-12-15-5-6-16(17)11-15/h3-4,8,10,14-17H,5-7,9,11-12H2,1-2H3,(H,23,26,28). The van der Waals surface area contributed by atoms with Crippen LogP contribution < -0.4 is 5.32 Å². The summed E-state index contributed by atoms with van der Waals surface area (Å²) in [5.41, 5.74) is 0. The lowest BCUT2D eigenvalue weighted by Crippen LogP contribution is -2.23. The number of nitrogens with one attached hydrogen (secondary N) is 1. The molecule has 4 unspecified atom stereocenters. The summed E-state index contributed by atoms with van der Waals surface area (Å²) in [6.07, 6.45) is 5.84. The van der Waals surface area contributed by atoms with Crippen molar-refractivity contribution in [2.75, 3.05) is 11.1 Å². The Bertz CT molecular complexity index is 1040. The maximum absolute atomic E-state index is 12.3. The average molecular weight is 458 g/mol. The van der Waals surface area contributed by atoms with Crippen LogP contribution in [0.2, 0.25) is 0 Å². The van der Waals surface area contributed by atoms with Crippen LogP contribution in [0.3, 0.4) is 0 Å². The molecule has 3 aromatic heterocycles. The Balaban J connectivity index is 1.29. The highest BCUT2D eigenvalue weighted by Crippen LogP contribution is 2.53. The van der Waals surface area contributed by atoms with Crippen molar-refractivity contribution >= 4 is 34.8 Å². The Hall–Kier alpha value is -2.13. The molecule has 4 atom stereocenters. The molecule has 2 aliphatic rings. The second-order valence-electron chi connectivity index (χ2n) is 8.70. The number of aryl methyl sites for hydroxylation is 1. The van der Waals surface area contributed by atoms with Gasteiger partial charge in [0.1, 0.15) is 5.76 Å². The largest absolute Gasteiger partial charge is 0.360 e. The number of fused-ring (bicyclic) bond motifs is 2. The molecule has 5 rings (SSSR count). The zero-order chi connectivity index (χ0) is 21.4. The summed E-state index contributed by atoms with van der Waals surface area (Å²) in [4.78, 5) is 13.4. The van der Waals surface area contributed by atoms with Crippen molar-refractivity contribution in [1.82, 2.24) is 19.9 Å². The fourth-order valence-electron chi connectivity index (χ4n) is 5.26. The van der Waals surface area contributed by atoms with Crippen LogP contribution in [0.25, 0.3) is 10.7 Å². The Morgan fingerprint density at radius 2 is 2.29 bits per heavy atom. The highest BCUT2D eigenvalue weighted by atomic mass is 32.2. The third kappa shape index (κ3) is 4.30. The molecule has 164 valence electrons. The van der Waals surface area contributed by atoms with Crippen LogP contribution in [0.5, 0.6) is 0 Å². The average Bonchev–Trinajstić information content (AvgIpc) is 3.55. The maximum atomic E-state index is 12.3. The van der Waals surface area contributed by atoms with E-state index in [0.717, 1.165) is 27.7 Å². The van der Waals surface area contributed by atoms with Crippen LogP contribution in [0.4, 0.5) is 5.82 Å². The van der Waals surface area contributed by atoms with Gasteiger partial charge in [-0.25, -0.2) is 0 Å². The van der Waals surface area contributed by atoms with Crippen molar-refractivity contribution in [3.8, 4) is 10.7 Å². The molecule has 3 heterocycles. The van der Waals surface area contributed by atoms with E-state index in [4.69, 9.17) is 4.52 Å². The topological polar surface area (TPSA) is 85.8 Å². The van der Waals surface area contributed by atoms with E-state index < -0.39 is 0 Å². The van der Waals surface area contributed by atoms with Gasteiger partial charge in [-0.3, -0.25) is 9.36 Å². The molecule has 7 nitrogen and oxygen atoms in total. The molecule has 0 saturated heterocycles. The number of carbonyl (C=O) groups excluding carboxylic acids is 1. The normalized spacial score (nSPS) is 23.4. The van der Waals surface area contributed by atoms with Gasteiger partial charge in [0.2, 0.25) is 5.91 Å². The molecule has 9 heteroatoms. The molecule has 0 aliphatic heterocycles. The Labute approximate surface area is 190 Å². The monoisotopic (exact) mass is 457 g/mol. The minimum atomic E-state index is -0.0773. The van der Waals surface area contributed by atoms with Crippen molar-refractivity contribution in [3.63, 3.8) is 0 Å². The summed E-state index contributed by atoms with van der Waals surface area (Å²) in [6, 6.07) is 6.24. The molecular weight excluding hydrogens is 430 g/mol. The number of nitrogens with zero attached hydrogens (tertiary/aromatic N) is 4. The molecule has 1 amide bonds. The Kier molecular flexibility index (Phi) is 5.88. The molecule has 0 aromatic carbocycles. The van der Waals surface area contributed by atoms with Crippen LogP contribution in [0.1, 0.15) is 50.8 Å². The fraction of sp³-hybridized carbons (Fsp3) is 0.545. The molecule has 2 aliphatic carbocycles. The van der Waals surface area contributed by atoms with Gasteiger partial charge >= 0.3 is 0 Å². The van der Waals surface area contributed by atoms with Gasteiger partial charge in [-0.15, -0.1) is 21.5 Å². The van der Waals surface area contributed by atoms with Gasteiger partial charge in [0.15, 0.2) is 16.8 Å². The zero-order valence-corrected chi connectivity index (χ0v) is 19.4. The second kappa shape index (κ2) is 8.78. The molecule has 0 spiro atoms. The van der Waals surface area contributed by atoms with Gasteiger partial charge in [0.25, 0.3) is 0 Å². The zero-order valence-electron chi connectivity index (χ0n) is 17.8. The maximum Gasteiger partial charge on any atom is 0.226 e. The van der Waals surface area contributed by atoms with E-state index >= 15 is 0 Å². The highest BCUT2D eigenvalue weighted by Gasteiger charge is 2.43. The summed E-state index contributed by atoms with van der Waals surface area (Å²) in [6.45, 7) is 4.13. The van der Waals surface area contributed by atoms with E-state index in [-0.39, 0.29) is 5.91 Å². The van der Waals surface area contributed by atoms with Crippen molar-refractivity contribution < 1.29 is 9.32 Å². The number of hydrogen-bond acceptors (Lipinski definition) is 7. The van der Waals surface area contributed by atoms with Gasteiger partial charge in [-0.1, -0.05) is 29.4 Å². The number of thioether (sulfide) groups is 1. The molecule has 3 aromatic rings. The van der Waals surface area contributed by atoms with E-state index in [0.29, 0.717) is 35.7 Å². The first-order valence-corrected chi connectivity index (χ1v) is 12.8. The van der Waals surface area contributed by atoms with Gasteiger partial charge in [-0.05, 0) is 62.3 Å². The first-order chi connectivity index (χ1) is 15.1. The molecule has 2 saturated carbocycles. The van der Waals surface area contributed by atoms with Crippen LogP contribution >= 0.6 is 23.1 Å². The lowest BCUT2D eigenvalue weighted by molar-refractivity contribution is -0.115. The van der Waals surface area contributed by atoms with Crippen molar-refractivity contribution in [2.45, 2.75) is 57.1 Å². The Morgan fingerprint density at radius 1 is 1.39 bits per heavy atom. The fourth-order valence-corrected chi connectivity index (χ4v) is 6.92. The molecule has 2 bridgehead atoms. The number of amides is 1. The van der Waals surface area contributed by atoms with Crippen LogP contribution in [0, 0.1) is 24.7 Å². The SMILES string of the molecule is Cc1cc(NC(=O)CCSc2nnc(-c3cccs3)n2C(C)C2CC3CCC2C3)no1. The van der Waals surface area contributed by atoms with Gasteiger partial charge < -0.3 is 9.84 Å². The summed E-state index contributed by atoms with van der Waals surface area (Å²) in [5, 5.41) is 18.7. The van der Waals surface area contributed by atoms with E-state index in [2.05, 4.69) is 49.7 Å². The number of aromatic nitrogens is 4. The second-order valence-corrected chi connectivity index (χ2v) is 10.7. The highest BCUT2D eigenvalue weighted by molar-refractivity contribution is 7.99. The summed E-state index contributed by atoms with van der Waals surface area (Å²) >= 11 is 3.30. The quantitative estimate of drug-likeness (QED) is 0.455. The summed E-state index contributed by atoms with van der Waals surface area (Å²) in [7, 11) is 0. The van der Waals surface area contributed by atoms with Crippen LogP contribution in [-0.2, 0) is 4.79 Å². The van der Waals surface area contributed by atoms with Gasteiger partial charge in [0, 0.05) is 24.3 Å². The van der Waals surface area contributed by atoms with E-state index in [1.807, 2.05) is 0 Å². The number of thiophene rings is 1. The third-order valence-electron chi connectivity index (χ3n) is 6.68.